The van der Waals surface area contributed by atoms with E-state index in [9.17, 15) is 9.59 Å². The number of hydrogen-bond donors (Lipinski definition) is 2. The van der Waals surface area contributed by atoms with Gasteiger partial charge in [-0.1, -0.05) is 39.7 Å². The van der Waals surface area contributed by atoms with Gasteiger partial charge in [-0.05, 0) is 67.6 Å². The van der Waals surface area contributed by atoms with Gasteiger partial charge in [0.1, 0.15) is 17.5 Å². The van der Waals surface area contributed by atoms with Crippen LogP contribution in [0, 0.1) is 0 Å². The zero-order chi connectivity index (χ0) is 20.8. The van der Waals surface area contributed by atoms with E-state index in [1.807, 2.05) is 24.3 Å². The molecule has 0 saturated carbocycles. The van der Waals surface area contributed by atoms with E-state index in [1.54, 1.807) is 55.5 Å². The molecule has 0 fully saturated rings. The standard InChI is InChI=1S/C22H18BrClN2O3/c1-14(25-22(28)19-4-2-3-5-20(19)24)21(27)26-16-8-12-18(13-9-16)29-17-10-6-15(23)7-11-17/h2-14H,1H3,(H,25,28)(H,26,27)/t14-/m1/s1. The van der Waals surface area contributed by atoms with Crippen molar-refractivity contribution in [2.24, 2.45) is 0 Å². The normalized spacial score (nSPS) is 11.4. The van der Waals surface area contributed by atoms with Crippen LogP contribution in [0.15, 0.2) is 77.3 Å². The molecule has 3 rings (SSSR count). The molecule has 0 aromatic heterocycles. The minimum Gasteiger partial charge on any atom is -0.457 e. The van der Waals surface area contributed by atoms with Crippen LogP contribution in [-0.4, -0.2) is 17.9 Å². The number of hydrogen-bond acceptors (Lipinski definition) is 3. The third-order valence-electron chi connectivity index (χ3n) is 4.03. The number of ether oxygens (including phenoxy) is 1. The molecule has 0 unspecified atom stereocenters. The van der Waals surface area contributed by atoms with Gasteiger partial charge < -0.3 is 15.4 Å². The summed E-state index contributed by atoms with van der Waals surface area (Å²) in [4.78, 5) is 24.7. The smallest absolute Gasteiger partial charge is 0.253 e. The van der Waals surface area contributed by atoms with Crippen molar-refractivity contribution in [1.29, 1.82) is 0 Å². The Hall–Kier alpha value is -2.83. The van der Waals surface area contributed by atoms with Crippen LogP contribution in [-0.2, 0) is 4.79 Å². The van der Waals surface area contributed by atoms with E-state index in [4.69, 9.17) is 16.3 Å². The van der Waals surface area contributed by atoms with Crippen molar-refractivity contribution < 1.29 is 14.3 Å². The van der Waals surface area contributed by atoms with Crippen molar-refractivity contribution in [3.05, 3.63) is 87.9 Å². The molecule has 0 heterocycles. The highest BCUT2D eigenvalue weighted by molar-refractivity contribution is 9.10. The Labute approximate surface area is 182 Å². The third-order valence-corrected chi connectivity index (χ3v) is 4.89. The van der Waals surface area contributed by atoms with Crippen LogP contribution in [0.1, 0.15) is 17.3 Å². The number of nitrogens with one attached hydrogen (secondary N) is 2. The summed E-state index contributed by atoms with van der Waals surface area (Å²) in [6.07, 6.45) is 0. The van der Waals surface area contributed by atoms with Gasteiger partial charge in [-0.15, -0.1) is 0 Å². The second kappa shape index (κ2) is 9.58. The van der Waals surface area contributed by atoms with E-state index in [-0.39, 0.29) is 5.91 Å². The van der Waals surface area contributed by atoms with E-state index < -0.39 is 11.9 Å². The van der Waals surface area contributed by atoms with Gasteiger partial charge in [0.05, 0.1) is 10.6 Å². The van der Waals surface area contributed by atoms with Crippen LogP contribution in [0.3, 0.4) is 0 Å². The number of amides is 2. The Kier molecular flexibility index (Phi) is 6.90. The maximum absolute atomic E-state index is 12.4. The van der Waals surface area contributed by atoms with Crippen molar-refractivity contribution in [3.8, 4) is 11.5 Å². The lowest BCUT2D eigenvalue weighted by Gasteiger charge is -2.15. The minimum absolute atomic E-state index is 0.322. The van der Waals surface area contributed by atoms with E-state index in [0.29, 0.717) is 27.8 Å². The molecule has 7 heteroatoms. The first-order chi connectivity index (χ1) is 13.9. The number of benzene rings is 3. The van der Waals surface area contributed by atoms with Crippen molar-refractivity contribution in [1.82, 2.24) is 5.32 Å². The van der Waals surface area contributed by atoms with Crippen LogP contribution >= 0.6 is 27.5 Å². The van der Waals surface area contributed by atoms with Gasteiger partial charge in [-0.3, -0.25) is 9.59 Å². The quantitative estimate of drug-likeness (QED) is 0.486. The van der Waals surface area contributed by atoms with Crippen LogP contribution in [0.5, 0.6) is 11.5 Å². The van der Waals surface area contributed by atoms with Crippen molar-refractivity contribution in [3.63, 3.8) is 0 Å². The lowest BCUT2D eigenvalue weighted by atomic mass is 10.2. The maximum Gasteiger partial charge on any atom is 0.253 e. The predicted molar refractivity (Wildman–Crippen MR) is 118 cm³/mol. The van der Waals surface area contributed by atoms with Gasteiger partial charge in [-0.2, -0.15) is 0 Å². The zero-order valence-electron chi connectivity index (χ0n) is 15.5. The Bertz CT molecular complexity index is 1010. The molecule has 0 aliphatic heterocycles. The highest BCUT2D eigenvalue weighted by atomic mass is 79.9. The van der Waals surface area contributed by atoms with Gasteiger partial charge in [0.15, 0.2) is 0 Å². The first-order valence-corrected chi connectivity index (χ1v) is 9.99. The molecule has 3 aromatic carbocycles. The molecule has 0 aliphatic rings. The first-order valence-electron chi connectivity index (χ1n) is 8.82. The molecule has 0 aliphatic carbocycles. The molecular weight excluding hydrogens is 456 g/mol. The second-order valence-electron chi connectivity index (χ2n) is 6.24. The Morgan fingerprint density at radius 2 is 1.52 bits per heavy atom. The molecule has 0 radical (unpaired) electrons. The Morgan fingerprint density at radius 3 is 2.14 bits per heavy atom. The monoisotopic (exact) mass is 472 g/mol. The molecule has 0 bridgehead atoms. The molecule has 3 aromatic rings. The molecule has 5 nitrogen and oxygen atoms in total. The summed E-state index contributed by atoms with van der Waals surface area (Å²) in [6.45, 7) is 1.61. The Balaban J connectivity index is 1.56. The number of carbonyl (C=O) groups is 2. The highest BCUT2D eigenvalue weighted by Gasteiger charge is 2.18. The van der Waals surface area contributed by atoms with Gasteiger partial charge in [0.2, 0.25) is 5.91 Å². The molecule has 148 valence electrons. The summed E-state index contributed by atoms with van der Waals surface area (Å²) in [5, 5.41) is 5.74. The predicted octanol–water partition coefficient (Wildman–Crippen LogP) is 5.65. The minimum atomic E-state index is -0.738. The largest absolute Gasteiger partial charge is 0.457 e. The molecule has 1 atom stereocenters. The van der Waals surface area contributed by atoms with E-state index >= 15 is 0 Å². The summed E-state index contributed by atoms with van der Waals surface area (Å²) in [7, 11) is 0. The summed E-state index contributed by atoms with van der Waals surface area (Å²) in [6, 6.07) is 20.4. The average Bonchev–Trinajstić information content (AvgIpc) is 2.71. The van der Waals surface area contributed by atoms with E-state index in [0.717, 1.165) is 4.47 Å². The fourth-order valence-corrected chi connectivity index (χ4v) is 2.97. The third kappa shape index (κ3) is 5.82. The topological polar surface area (TPSA) is 67.4 Å². The summed E-state index contributed by atoms with van der Waals surface area (Å²) >= 11 is 9.39. The number of rotatable bonds is 6. The van der Waals surface area contributed by atoms with Crippen molar-refractivity contribution in [2.45, 2.75) is 13.0 Å². The second-order valence-corrected chi connectivity index (χ2v) is 7.57. The van der Waals surface area contributed by atoms with Gasteiger partial charge in [-0.25, -0.2) is 0 Å². The molecule has 29 heavy (non-hydrogen) atoms. The first kappa shape index (κ1) is 20.9. The van der Waals surface area contributed by atoms with Crippen molar-refractivity contribution >= 4 is 45.0 Å². The number of anilines is 1. The van der Waals surface area contributed by atoms with E-state index in [2.05, 4.69) is 26.6 Å². The average molecular weight is 474 g/mol. The van der Waals surface area contributed by atoms with Crippen LogP contribution in [0.2, 0.25) is 5.02 Å². The SMILES string of the molecule is C[C@@H](NC(=O)c1ccccc1Cl)C(=O)Nc1ccc(Oc2ccc(Br)cc2)cc1. The Morgan fingerprint density at radius 1 is 0.931 bits per heavy atom. The van der Waals surface area contributed by atoms with Gasteiger partial charge >= 0.3 is 0 Å². The fourth-order valence-electron chi connectivity index (χ4n) is 2.48. The summed E-state index contributed by atoms with van der Waals surface area (Å²) in [5.41, 5.74) is 0.917. The highest BCUT2D eigenvalue weighted by Crippen LogP contribution is 2.24. The lowest BCUT2D eigenvalue weighted by molar-refractivity contribution is -0.117. The number of halogens is 2. The summed E-state index contributed by atoms with van der Waals surface area (Å²) in [5.74, 6) is 0.606. The van der Waals surface area contributed by atoms with Crippen LogP contribution in [0.25, 0.3) is 0 Å². The fraction of sp³-hybridized carbons (Fsp3) is 0.0909. The summed E-state index contributed by atoms with van der Waals surface area (Å²) < 4.78 is 6.72. The van der Waals surface area contributed by atoms with Crippen LogP contribution < -0.4 is 15.4 Å². The number of carbonyl (C=O) groups excluding carboxylic acids is 2. The maximum atomic E-state index is 12.4. The van der Waals surface area contributed by atoms with E-state index in [1.165, 1.54) is 0 Å². The van der Waals surface area contributed by atoms with Crippen molar-refractivity contribution in [2.75, 3.05) is 5.32 Å². The van der Waals surface area contributed by atoms with Crippen LogP contribution in [0.4, 0.5) is 5.69 Å². The molecule has 2 amide bonds. The zero-order valence-corrected chi connectivity index (χ0v) is 17.8. The van der Waals surface area contributed by atoms with Gasteiger partial charge in [0.25, 0.3) is 5.91 Å². The molecule has 0 spiro atoms. The van der Waals surface area contributed by atoms with Gasteiger partial charge in [0, 0.05) is 10.2 Å². The molecular formula is C22H18BrClN2O3. The molecule has 2 N–H and O–H groups in total. The molecule has 0 saturated heterocycles. The lowest BCUT2D eigenvalue weighted by Crippen LogP contribution is -2.41.